The van der Waals surface area contributed by atoms with E-state index in [1.54, 1.807) is 0 Å². The average molecular weight is 311 g/mol. The SMILES string of the molecule is CC(C)CC(N)C(=O)N1CCOC(c2ccc(Cl)cc2)C1. The summed E-state index contributed by atoms with van der Waals surface area (Å²) in [5.41, 5.74) is 7.04. The van der Waals surface area contributed by atoms with Gasteiger partial charge in [0, 0.05) is 11.6 Å². The van der Waals surface area contributed by atoms with Gasteiger partial charge in [-0.3, -0.25) is 4.79 Å². The minimum Gasteiger partial charge on any atom is -0.370 e. The number of carbonyl (C=O) groups excluding carboxylic acids is 1. The molecule has 1 aromatic carbocycles. The first-order valence-electron chi connectivity index (χ1n) is 7.39. The summed E-state index contributed by atoms with van der Waals surface area (Å²) < 4.78 is 5.77. The largest absolute Gasteiger partial charge is 0.370 e. The summed E-state index contributed by atoms with van der Waals surface area (Å²) in [4.78, 5) is 14.2. The second kappa shape index (κ2) is 7.25. The third-order valence-corrected chi connectivity index (χ3v) is 3.91. The van der Waals surface area contributed by atoms with Crippen molar-refractivity contribution in [2.75, 3.05) is 19.7 Å². The van der Waals surface area contributed by atoms with Crippen LogP contribution in [0.15, 0.2) is 24.3 Å². The number of carbonyl (C=O) groups is 1. The maximum atomic E-state index is 12.4. The maximum absolute atomic E-state index is 12.4. The fourth-order valence-electron chi connectivity index (χ4n) is 2.57. The molecule has 2 atom stereocenters. The minimum absolute atomic E-state index is 0.0194. The van der Waals surface area contributed by atoms with E-state index < -0.39 is 6.04 Å². The second-order valence-electron chi connectivity index (χ2n) is 5.93. The molecule has 1 fully saturated rings. The Kier molecular flexibility index (Phi) is 5.62. The Morgan fingerprint density at radius 3 is 2.71 bits per heavy atom. The first-order valence-corrected chi connectivity index (χ1v) is 7.76. The van der Waals surface area contributed by atoms with Crippen LogP contribution in [0.5, 0.6) is 0 Å². The van der Waals surface area contributed by atoms with E-state index in [9.17, 15) is 4.79 Å². The summed E-state index contributed by atoms with van der Waals surface area (Å²) in [5, 5.41) is 0.696. The number of hydrogen-bond acceptors (Lipinski definition) is 3. The van der Waals surface area contributed by atoms with E-state index in [1.165, 1.54) is 0 Å². The van der Waals surface area contributed by atoms with E-state index in [1.807, 2.05) is 29.2 Å². The molecule has 2 unspecified atom stereocenters. The molecule has 1 amide bonds. The summed E-state index contributed by atoms with van der Waals surface area (Å²) in [5.74, 6) is 0.433. The van der Waals surface area contributed by atoms with E-state index in [2.05, 4.69) is 13.8 Å². The molecular formula is C16H23ClN2O2. The van der Waals surface area contributed by atoms with Gasteiger partial charge in [0.25, 0.3) is 0 Å². The molecule has 0 spiro atoms. The molecule has 1 aliphatic heterocycles. The average Bonchev–Trinajstić information content (AvgIpc) is 2.46. The Bertz CT molecular complexity index is 476. The van der Waals surface area contributed by atoms with E-state index in [-0.39, 0.29) is 12.0 Å². The van der Waals surface area contributed by atoms with Gasteiger partial charge >= 0.3 is 0 Å². The van der Waals surface area contributed by atoms with Crippen molar-refractivity contribution in [3.63, 3.8) is 0 Å². The fourth-order valence-corrected chi connectivity index (χ4v) is 2.70. The number of nitrogens with two attached hydrogens (primary N) is 1. The van der Waals surface area contributed by atoms with Crippen LogP contribution in [-0.2, 0) is 9.53 Å². The third-order valence-electron chi connectivity index (χ3n) is 3.66. The van der Waals surface area contributed by atoms with Gasteiger partial charge < -0.3 is 15.4 Å². The lowest BCUT2D eigenvalue weighted by atomic mass is 10.0. The predicted octanol–water partition coefficient (Wildman–Crippen LogP) is 2.61. The number of hydrogen-bond donors (Lipinski definition) is 1. The van der Waals surface area contributed by atoms with Crippen molar-refractivity contribution in [3.8, 4) is 0 Å². The van der Waals surface area contributed by atoms with Gasteiger partial charge in [-0.2, -0.15) is 0 Å². The molecule has 1 aromatic rings. The molecule has 116 valence electrons. The third kappa shape index (κ3) is 4.43. The molecule has 0 bridgehead atoms. The summed E-state index contributed by atoms with van der Waals surface area (Å²) in [7, 11) is 0. The van der Waals surface area contributed by atoms with Crippen molar-refractivity contribution in [1.29, 1.82) is 0 Å². The van der Waals surface area contributed by atoms with Gasteiger partial charge in [-0.05, 0) is 30.0 Å². The lowest BCUT2D eigenvalue weighted by molar-refractivity contribution is -0.140. The smallest absolute Gasteiger partial charge is 0.239 e. The summed E-state index contributed by atoms with van der Waals surface area (Å²) in [6, 6.07) is 7.13. The lowest BCUT2D eigenvalue weighted by Gasteiger charge is -2.34. The Morgan fingerprint density at radius 2 is 2.10 bits per heavy atom. The van der Waals surface area contributed by atoms with Gasteiger partial charge in [0.15, 0.2) is 0 Å². The number of morpholine rings is 1. The summed E-state index contributed by atoms with van der Waals surface area (Å²) in [6.07, 6.45) is 0.605. The first-order chi connectivity index (χ1) is 9.97. The minimum atomic E-state index is -0.422. The summed E-state index contributed by atoms with van der Waals surface area (Å²) >= 11 is 5.90. The van der Waals surface area contributed by atoms with Gasteiger partial charge in [-0.1, -0.05) is 37.6 Å². The van der Waals surface area contributed by atoms with E-state index >= 15 is 0 Å². The van der Waals surface area contributed by atoms with Crippen molar-refractivity contribution < 1.29 is 9.53 Å². The summed E-state index contributed by atoms with van der Waals surface area (Å²) in [6.45, 7) is 5.83. The quantitative estimate of drug-likeness (QED) is 0.930. The molecular weight excluding hydrogens is 288 g/mol. The number of amides is 1. The van der Waals surface area contributed by atoms with Crippen LogP contribution < -0.4 is 5.73 Å². The Labute approximate surface area is 131 Å². The number of rotatable bonds is 4. The highest BCUT2D eigenvalue weighted by atomic mass is 35.5. The zero-order valence-electron chi connectivity index (χ0n) is 12.6. The van der Waals surface area contributed by atoms with Crippen LogP contribution >= 0.6 is 11.6 Å². The highest BCUT2D eigenvalue weighted by molar-refractivity contribution is 6.30. The van der Waals surface area contributed by atoms with Gasteiger partial charge in [-0.25, -0.2) is 0 Å². The zero-order valence-corrected chi connectivity index (χ0v) is 13.3. The number of ether oxygens (including phenoxy) is 1. The molecule has 0 aliphatic carbocycles. The van der Waals surface area contributed by atoms with Crippen LogP contribution in [0.3, 0.4) is 0 Å². The Morgan fingerprint density at radius 1 is 1.43 bits per heavy atom. The van der Waals surface area contributed by atoms with E-state index in [0.29, 0.717) is 37.1 Å². The van der Waals surface area contributed by atoms with Gasteiger partial charge in [0.05, 0.1) is 19.2 Å². The van der Waals surface area contributed by atoms with Crippen LogP contribution in [-0.4, -0.2) is 36.5 Å². The van der Waals surface area contributed by atoms with Crippen LogP contribution in [0.1, 0.15) is 31.9 Å². The number of nitrogens with zero attached hydrogens (tertiary/aromatic N) is 1. The zero-order chi connectivity index (χ0) is 15.4. The fraction of sp³-hybridized carbons (Fsp3) is 0.562. The van der Waals surface area contributed by atoms with Crippen LogP contribution in [0.25, 0.3) is 0 Å². The van der Waals surface area contributed by atoms with Crippen molar-refractivity contribution in [3.05, 3.63) is 34.9 Å². The molecule has 0 aromatic heterocycles. The molecule has 2 N–H and O–H groups in total. The molecule has 1 saturated heterocycles. The van der Waals surface area contributed by atoms with Gasteiger partial charge in [0.1, 0.15) is 6.10 Å². The Hall–Kier alpha value is -1.10. The van der Waals surface area contributed by atoms with Crippen molar-refractivity contribution in [1.82, 2.24) is 4.90 Å². The highest BCUT2D eigenvalue weighted by Gasteiger charge is 2.28. The molecule has 0 saturated carbocycles. The van der Waals surface area contributed by atoms with Gasteiger partial charge in [0.2, 0.25) is 5.91 Å². The van der Waals surface area contributed by atoms with E-state index in [4.69, 9.17) is 22.1 Å². The second-order valence-corrected chi connectivity index (χ2v) is 6.37. The Balaban J connectivity index is 2.00. The van der Waals surface area contributed by atoms with Crippen LogP contribution in [0.2, 0.25) is 5.02 Å². The molecule has 1 heterocycles. The van der Waals surface area contributed by atoms with Crippen LogP contribution in [0.4, 0.5) is 0 Å². The standard InChI is InChI=1S/C16H23ClN2O2/c1-11(2)9-14(18)16(20)19-7-8-21-15(10-19)12-3-5-13(17)6-4-12/h3-6,11,14-15H,7-10,18H2,1-2H3. The molecule has 21 heavy (non-hydrogen) atoms. The number of halogens is 1. The molecule has 4 nitrogen and oxygen atoms in total. The topological polar surface area (TPSA) is 55.6 Å². The molecule has 2 rings (SSSR count). The first kappa shape index (κ1) is 16.3. The molecule has 0 radical (unpaired) electrons. The highest BCUT2D eigenvalue weighted by Crippen LogP contribution is 2.24. The predicted molar refractivity (Wildman–Crippen MR) is 84.2 cm³/mol. The normalized spacial score (nSPS) is 20.6. The van der Waals surface area contributed by atoms with E-state index in [0.717, 1.165) is 5.56 Å². The molecule has 5 heteroatoms. The van der Waals surface area contributed by atoms with Gasteiger partial charge in [-0.15, -0.1) is 0 Å². The van der Waals surface area contributed by atoms with Crippen molar-refractivity contribution >= 4 is 17.5 Å². The van der Waals surface area contributed by atoms with Crippen molar-refractivity contribution in [2.45, 2.75) is 32.4 Å². The van der Waals surface area contributed by atoms with Crippen LogP contribution in [0, 0.1) is 5.92 Å². The van der Waals surface area contributed by atoms with Crippen molar-refractivity contribution in [2.24, 2.45) is 11.7 Å². The number of benzene rings is 1. The monoisotopic (exact) mass is 310 g/mol. The maximum Gasteiger partial charge on any atom is 0.239 e. The lowest BCUT2D eigenvalue weighted by Crippen LogP contribution is -2.49. The molecule has 1 aliphatic rings.